The van der Waals surface area contributed by atoms with Crippen LogP contribution in [0.25, 0.3) is 11.2 Å². The lowest BCUT2D eigenvalue weighted by Gasteiger charge is -2.17. The summed E-state index contributed by atoms with van der Waals surface area (Å²) in [5, 5.41) is 29.5. The molecule has 26 heavy (non-hydrogen) atoms. The third-order valence-corrected chi connectivity index (χ3v) is 4.63. The number of fused-ring (bicyclic) bond motifs is 1. The average Bonchev–Trinajstić information content (AvgIpc) is 3.18. The van der Waals surface area contributed by atoms with Crippen LogP contribution in [0.15, 0.2) is 15.9 Å². The molecule has 2 aromatic rings. The molecule has 1 saturated heterocycles. The lowest BCUT2D eigenvalue weighted by atomic mass is 10.1. The number of aliphatic hydroxyl groups is 3. The van der Waals surface area contributed by atoms with Crippen molar-refractivity contribution in [2.75, 3.05) is 6.61 Å². The topological polar surface area (TPSA) is 132 Å². The van der Waals surface area contributed by atoms with Crippen molar-refractivity contribution in [2.24, 2.45) is 0 Å². The van der Waals surface area contributed by atoms with Gasteiger partial charge in [-0.2, -0.15) is 0 Å². The molecule has 4 atom stereocenters. The minimum Gasteiger partial charge on any atom is -0.394 e. The minimum atomic E-state index is -1.34. The molecule has 0 amide bonds. The van der Waals surface area contributed by atoms with Crippen LogP contribution in [-0.2, 0) is 17.8 Å². The normalized spacial score (nSPS) is 26.0. The van der Waals surface area contributed by atoms with Crippen LogP contribution in [0, 0.1) is 0 Å². The Morgan fingerprint density at radius 2 is 1.77 bits per heavy atom. The first-order valence-electron chi connectivity index (χ1n) is 8.78. The highest BCUT2D eigenvalue weighted by atomic mass is 16.6. The standard InChI is InChI=1S/C16H24N4O6/c1-3-5-18-13-10(14(24)19(6-4-2)16(18)25)20(8-17-13)15-12(23)11(22)9(7-21)26-15/h8-9,11-12,15,21-23H,3-7H2,1-2H3. The van der Waals surface area contributed by atoms with E-state index in [1.807, 2.05) is 13.8 Å². The highest BCUT2D eigenvalue weighted by Gasteiger charge is 2.44. The fraction of sp³-hybridized carbons (Fsp3) is 0.688. The van der Waals surface area contributed by atoms with Crippen LogP contribution in [0.3, 0.4) is 0 Å². The summed E-state index contributed by atoms with van der Waals surface area (Å²) in [5.74, 6) is 0. The van der Waals surface area contributed by atoms with E-state index < -0.39 is 42.4 Å². The van der Waals surface area contributed by atoms with E-state index in [4.69, 9.17) is 4.74 Å². The molecule has 0 spiro atoms. The molecule has 0 aromatic carbocycles. The van der Waals surface area contributed by atoms with Gasteiger partial charge in [-0.05, 0) is 12.8 Å². The van der Waals surface area contributed by atoms with Gasteiger partial charge in [-0.3, -0.25) is 18.5 Å². The Morgan fingerprint density at radius 1 is 1.12 bits per heavy atom. The lowest BCUT2D eigenvalue weighted by molar-refractivity contribution is -0.0509. The maximum Gasteiger partial charge on any atom is 0.332 e. The summed E-state index contributed by atoms with van der Waals surface area (Å²) >= 11 is 0. The Labute approximate surface area is 148 Å². The zero-order valence-corrected chi connectivity index (χ0v) is 14.8. The zero-order valence-electron chi connectivity index (χ0n) is 14.8. The molecular formula is C16H24N4O6. The van der Waals surface area contributed by atoms with Gasteiger partial charge in [0.05, 0.1) is 12.9 Å². The number of rotatable bonds is 6. The van der Waals surface area contributed by atoms with Crippen molar-refractivity contribution in [3.8, 4) is 0 Å². The first kappa shape index (κ1) is 18.8. The number of aryl methyl sites for hydroxylation is 1. The second kappa shape index (κ2) is 7.31. The summed E-state index contributed by atoms with van der Waals surface area (Å²) in [4.78, 5) is 29.8. The van der Waals surface area contributed by atoms with Gasteiger partial charge in [0.15, 0.2) is 17.4 Å². The Morgan fingerprint density at radius 3 is 2.35 bits per heavy atom. The Bertz CT molecular complexity index is 901. The second-order valence-corrected chi connectivity index (χ2v) is 6.44. The average molecular weight is 368 g/mol. The number of hydrogen-bond donors (Lipinski definition) is 3. The summed E-state index contributed by atoms with van der Waals surface area (Å²) in [6.45, 7) is 3.97. The van der Waals surface area contributed by atoms with Crippen LogP contribution < -0.4 is 11.2 Å². The maximum atomic E-state index is 12.9. The van der Waals surface area contributed by atoms with Gasteiger partial charge in [0.1, 0.15) is 18.3 Å². The van der Waals surface area contributed by atoms with Crippen LogP contribution >= 0.6 is 0 Å². The van der Waals surface area contributed by atoms with Gasteiger partial charge in [-0.15, -0.1) is 0 Å². The van der Waals surface area contributed by atoms with Gasteiger partial charge in [-0.1, -0.05) is 13.8 Å². The second-order valence-electron chi connectivity index (χ2n) is 6.44. The molecule has 3 rings (SSSR count). The molecule has 4 unspecified atom stereocenters. The summed E-state index contributed by atoms with van der Waals surface area (Å²) in [6, 6.07) is 0. The van der Waals surface area contributed by atoms with E-state index in [1.165, 1.54) is 15.5 Å². The molecule has 0 aliphatic carbocycles. The van der Waals surface area contributed by atoms with Crippen LogP contribution in [-0.4, -0.2) is 58.9 Å². The Hall–Kier alpha value is -2.01. The van der Waals surface area contributed by atoms with Gasteiger partial charge in [0.2, 0.25) is 0 Å². The molecular weight excluding hydrogens is 344 g/mol. The molecule has 0 radical (unpaired) electrons. The van der Waals surface area contributed by atoms with Gasteiger partial charge in [0.25, 0.3) is 5.56 Å². The predicted molar refractivity (Wildman–Crippen MR) is 91.8 cm³/mol. The van der Waals surface area contributed by atoms with Gasteiger partial charge in [-0.25, -0.2) is 9.78 Å². The summed E-state index contributed by atoms with van der Waals surface area (Å²) in [5.41, 5.74) is -0.597. The number of imidazole rings is 1. The number of nitrogens with zero attached hydrogens (tertiary/aromatic N) is 4. The lowest BCUT2D eigenvalue weighted by Crippen LogP contribution is -2.41. The number of ether oxygens (including phenoxy) is 1. The predicted octanol–water partition coefficient (Wildman–Crippen LogP) is -1.21. The van der Waals surface area contributed by atoms with Crippen LogP contribution in [0.2, 0.25) is 0 Å². The number of aromatic nitrogens is 4. The van der Waals surface area contributed by atoms with Crippen molar-refractivity contribution in [2.45, 2.75) is 64.3 Å². The molecule has 1 fully saturated rings. The molecule has 1 aliphatic rings. The van der Waals surface area contributed by atoms with Crippen LogP contribution in [0.4, 0.5) is 0 Å². The van der Waals surface area contributed by atoms with E-state index in [-0.39, 0.29) is 17.7 Å². The van der Waals surface area contributed by atoms with Crippen LogP contribution in [0.5, 0.6) is 0 Å². The Kier molecular flexibility index (Phi) is 5.28. The van der Waals surface area contributed by atoms with E-state index >= 15 is 0 Å². The van der Waals surface area contributed by atoms with Crippen molar-refractivity contribution in [1.29, 1.82) is 0 Å². The molecule has 10 nitrogen and oxygen atoms in total. The number of aliphatic hydroxyl groups excluding tert-OH is 3. The quantitative estimate of drug-likeness (QED) is 0.583. The first-order chi connectivity index (χ1) is 12.5. The van der Waals surface area contributed by atoms with E-state index in [0.29, 0.717) is 19.4 Å². The third kappa shape index (κ3) is 2.78. The van der Waals surface area contributed by atoms with Crippen LogP contribution in [0.1, 0.15) is 32.9 Å². The minimum absolute atomic E-state index is 0.126. The first-order valence-corrected chi connectivity index (χ1v) is 8.78. The fourth-order valence-electron chi connectivity index (χ4n) is 3.35. The SMILES string of the molecule is CCCn1c(=O)c2c(ncn2C2OC(CO)C(O)C2O)n(CCC)c1=O. The molecule has 144 valence electrons. The molecule has 2 aromatic heterocycles. The molecule has 3 N–H and O–H groups in total. The molecule has 3 heterocycles. The monoisotopic (exact) mass is 368 g/mol. The maximum absolute atomic E-state index is 12.9. The molecule has 0 bridgehead atoms. The van der Waals surface area contributed by atoms with E-state index in [9.17, 15) is 24.9 Å². The number of hydrogen-bond acceptors (Lipinski definition) is 7. The molecule has 0 saturated carbocycles. The van der Waals surface area contributed by atoms with E-state index in [2.05, 4.69) is 4.98 Å². The fourth-order valence-corrected chi connectivity index (χ4v) is 3.35. The van der Waals surface area contributed by atoms with Crippen molar-refractivity contribution in [3.63, 3.8) is 0 Å². The van der Waals surface area contributed by atoms with Crippen molar-refractivity contribution < 1.29 is 20.1 Å². The van der Waals surface area contributed by atoms with Gasteiger partial charge >= 0.3 is 5.69 Å². The van der Waals surface area contributed by atoms with Gasteiger partial charge < -0.3 is 20.1 Å². The smallest absolute Gasteiger partial charge is 0.332 e. The van der Waals surface area contributed by atoms with Gasteiger partial charge in [0, 0.05) is 13.1 Å². The molecule has 10 heteroatoms. The third-order valence-electron chi connectivity index (χ3n) is 4.63. The van der Waals surface area contributed by atoms with Crippen molar-refractivity contribution in [3.05, 3.63) is 27.2 Å². The summed E-state index contributed by atoms with van der Waals surface area (Å²) in [6.07, 6.45) is -2.07. The molecule has 1 aliphatic heterocycles. The highest BCUT2D eigenvalue weighted by Crippen LogP contribution is 2.30. The van der Waals surface area contributed by atoms with Crippen molar-refractivity contribution >= 4 is 11.2 Å². The Balaban J connectivity index is 2.23. The summed E-state index contributed by atoms with van der Waals surface area (Å²) < 4.78 is 9.43. The largest absolute Gasteiger partial charge is 0.394 e. The highest BCUT2D eigenvalue weighted by molar-refractivity contribution is 5.70. The zero-order chi connectivity index (χ0) is 19.0. The van der Waals surface area contributed by atoms with E-state index in [1.54, 1.807) is 0 Å². The van der Waals surface area contributed by atoms with Crippen molar-refractivity contribution in [1.82, 2.24) is 18.7 Å². The van der Waals surface area contributed by atoms with E-state index in [0.717, 1.165) is 4.57 Å². The summed E-state index contributed by atoms with van der Waals surface area (Å²) in [7, 11) is 0.